The number of anilines is 1. The number of fused-ring (bicyclic) bond motifs is 5. The molecule has 1 heterocycles. The second-order valence-electron chi connectivity index (χ2n) is 12.3. The van der Waals surface area contributed by atoms with Crippen LogP contribution in [0.15, 0.2) is 48.0 Å². The summed E-state index contributed by atoms with van der Waals surface area (Å²) in [7, 11) is 4.11. The standard InChI is InChI=1S/C33H42N2O2/c1-33-15-14-29-28-13-11-27(37-19-18-35-16-4-5-17-35)21-24(28)8-12-30(29)31(33)22-25(32(33)36)20-23-6-9-26(10-7-23)34(2)3/h6-7,9-11,13,20-21,29-31H,4-5,8,12,14-19,22H2,1-3H3/t29-,30-,31+,33+/m1/s1. The van der Waals surface area contributed by atoms with Crippen LogP contribution in [0.4, 0.5) is 5.69 Å². The molecule has 4 aliphatic rings. The van der Waals surface area contributed by atoms with Gasteiger partial charge < -0.3 is 9.64 Å². The van der Waals surface area contributed by atoms with Gasteiger partial charge in [-0.15, -0.1) is 0 Å². The Morgan fingerprint density at radius 2 is 1.86 bits per heavy atom. The number of ketones is 1. The second kappa shape index (κ2) is 9.94. The molecule has 1 aliphatic heterocycles. The number of carbonyl (C=O) groups excluding carboxylic acids is 1. The Morgan fingerprint density at radius 3 is 2.62 bits per heavy atom. The maximum Gasteiger partial charge on any atom is 0.165 e. The van der Waals surface area contributed by atoms with E-state index in [4.69, 9.17) is 4.74 Å². The van der Waals surface area contributed by atoms with Crippen LogP contribution in [0.5, 0.6) is 5.75 Å². The van der Waals surface area contributed by atoms with E-state index >= 15 is 0 Å². The van der Waals surface area contributed by atoms with Crippen LogP contribution in [0.3, 0.4) is 0 Å². The molecule has 3 aliphatic carbocycles. The number of carbonyl (C=O) groups is 1. The van der Waals surface area contributed by atoms with Crippen molar-refractivity contribution in [2.45, 2.75) is 57.8 Å². The van der Waals surface area contributed by atoms with Crippen LogP contribution in [0.2, 0.25) is 0 Å². The summed E-state index contributed by atoms with van der Waals surface area (Å²) in [5.74, 6) is 3.06. The van der Waals surface area contributed by atoms with E-state index in [0.29, 0.717) is 23.5 Å². The zero-order valence-electron chi connectivity index (χ0n) is 22.8. The number of Topliss-reactive ketones (excluding diaryl/α,β-unsaturated/α-hetero) is 1. The predicted molar refractivity (Wildman–Crippen MR) is 151 cm³/mol. The lowest BCUT2D eigenvalue weighted by molar-refractivity contribution is -0.127. The molecule has 2 saturated carbocycles. The molecule has 0 spiro atoms. The third-order valence-corrected chi connectivity index (χ3v) is 9.96. The van der Waals surface area contributed by atoms with Crippen LogP contribution in [-0.4, -0.2) is 51.0 Å². The quantitative estimate of drug-likeness (QED) is 0.435. The summed E-state index contributed by atoms with van der Waals surface area (Å²) in [6, 6.07) is 15.4. The first-order chi connectivity index (χ1) is 17.9. The van der Waals surface area contributed by atoms with Gasteiger partial charge in [0.15, 0.2) is 5.78 Å². The Bertz CT molecular complexity index is 1180. The lowest BCUT2D eigenvalue weighted by Crippen LogP contribution is -2.42. The molecule has 3 fully saturated rings. The average molecular weight is 499 g/mol. The molecule has 0 amide bonds. The Kier molecular flexibility index (Phi) is 6.65. The number of rotatable bonds is 6. The number of hydrogen-bond donors (Lipinski definition) is 0. The first-order valence-corrected chi connectivity index (χ1v) is 14.4. The lowest BCUT2D eigenvalue weighted by atomic mass is 9.55. The van der Waals surface area contributed by atoms with Gasteiger partial charge in [0, 0.05) is 31.7 Å². The van der Waals surface area contributed by atoms with Crippen LogP contribution in [0.25, 0.3) is 6.08 Å². The summed E-state index contributed by atoms with van der Waals surface area (Å²) in [5.41, 5.74) is 6.16. The number of allylic oxidation sites excluding steroid dienone is 1. The van der Waals surface area contributed by atoms with Crippen molar-refractivity contribution in [1.82, 2.24) is 4.90 Å². The fraction of sp³-hybridized carbons (Fsp3) is 0.545. The summed E-state index contributed by atoms with van der Waals surface area (Å²) >= 11 is 0. The van der Waals surface area contributed by atoms with E-state index in [9.17, 15) is 4.79 Å². The Balaban J connectivity index is 1.17. The third-order valence-electron chi connectivity index (χ3n) is 9.96. The summed E-state index contributed by atoms with van der Waals surface area (Å²) in [4.78, 5) is 18.3. The van der Waals surface area contributed by atoms with E-state index in [1.165, 1.54) is 49.2 Å². The highest BCUT2D eigenvalue weighted by Crippen LogP contribution is 2.61. The van der Waals surface area contributed by atoms with Crippen LogP contribution in [0, 0.1) is 17.3 Å². The zero-order valence-corrected chi connectivity index (χ0v) is 22.8. The summed E-state index contributed by atoms with van der Waals surface area (Å²) < 4.78 is 6.16. The molecule has 1 saturated heterocycles. The molecule has 4 nitrogen and oxygen atoms in total. The van der Waals surface area contributed by atoms with Crippen LogP contribution >= 0.6 is 0 Å². The number of ether oxygens (including phenoxy) is 1. The monoisotopic (exact) mass is 498 g/mol. The summed E-state index contributed by atoms with van der Waals surface area (Å²) in [6.07, 6.45) is 10.2. The smallest absolute Gasteiger partial charge is 0.165 e. The number of benzene rings is 2. The topological polar surface area (TPSA) is 32.8 Å². The zero-order chi connectivity index (χ0) is 25.6. The summed E-state index contributed by atoms with van der Waals surface area (Å²) in [5, 5.41) is 0. The van der Waals surface area contributed by atoms with Gasteiger partial charge in [0.25, 0.3) is 0 Å². The van der Waals surface area contributed by atoms with E-state index in [0.717, 1.165) is 55.7 Å². The molecule has 196 valence electrons. The van der Waals surface area contributed by atoms with E-state index in [1.54, 1.807) is 0 Å². The maximum absolute atomic E-state index is 13.7. The molecule has 2 aromatic carbocycles. The Hall–Kier alpha value is -2.59. The van der Waals surface area contributed by atoms with Crippen molar-refractivity contribution in [3.05, 3.63) is 64.7 Å². The van der Waals surface area contributed by atoms with E-state index in [-0.39, 0.29) is 5.41 Å². The van der Waals surface area contributed by atoms with Crippen molar-refractivity contribution < 1.29 is 9.53 Å². The number of hydrogen-bond acceptors (Lipinski definition) is 4. The SMILES string of the molecule is CN(C)c1ccc(C=C2C[C@H]3[C@@H]4CCc5cc(OCCN6CCCC6)ccc5[C@H]4CC[C@]3(C)C2=O)cc1. The molecule has 0 aromatic heterocycles. The van der Waals surface area contributed by atoms with Crippen molar-refractivity contribution in [3.8, 4) is 5.75 Å². The third kappa shape index (κ3) is 4.63. The number of aryl methyl sites for hydroxylation is 1. The van der Waals surface area contributed by atoms with Gasteiger partial charge in [-0.3, -0.25) is 9.69 Å². The highest BCUT2D eigenvalue weighted by molar-refractivity contribution is 6.06. The molecular weight excluding hydrogens is 456 g/mol. The Morgan fingerprint density at radius 1 is 1.08 bits per heavy atom. The number of likely N-dealkylation sites (tertiary alicyclic amines) is 1. The molecule has 2 aromatic rings. The lowest BCUT2D eigenvalue weighted by Gasteiger charge is -2.48. The van der Waals surface area contributed by atoms with Gasteiger partial charge in [0.05, 0.1) is 0 Å². The van der Waals surface area contributed by atoms with Gasteiger partial charge in [0.1, 0.15) is 12.4 Å². The van der Waals surface area contributed by atoms with Crippen molar-refractivity contribution in [3.63, 3.8) is 0 Å². The molecule has 37 heavy (non-hydrogen) atoms. The normalized spacial score (nSPS) is 30.2. The van der Waals surface area contributed by atoms with Crippen molar-refractivity contribution in [2.24, 2.45) is 17.3 Å². The maximum atomic E-state index is 13.7. The largest absolute Gasteiger partial charge is 0.492 e. The number of nitrogens with zero attached hydrogens (tertiary/aromatic N) is 2. The van der Waals surface area contributed by atoms with Crippen LogP contribution in [0.1, 0.15) is 68.1 Å². The highest BCUT2D eigenvalue weighted by Gasteiger charge is 2.56. The van der Waals surface area contributed by atoms with Crippen molar-refractivity contribution >= 4 is 17.5 Å². The fourth-order valence-corrected chi connectivity index (χ4v) is 7.82. The van der Waals surface area contributed by atoms with Gasteiger partial charge in [-0.2, -0.15) is 0 Å². The fourth-order valence-electron chi connectivity index (χ4n) is 7.82. The van der Waals surface area contributed by atoms with Gasteiger partial charge >= 0.3 is 0 Å². The molecule has 0 N–H and O–H groups in total. The molecule has 6 rings (SSSR count). The molecular formula is C33H42N2O2. The van der Waals surface area contributed by atoms with Crippen molar-refractivity contribution in [1.29, 1.82) is 0 Å². The minimum atomic E-state index is -0.202. The van der Waals surface area contributed by atoms with E-state index in [1.807, 2.05) is 0 Å². The average Bonchev–Trinajstić information content (AvgIpc) is 3.51. The predicted octanol–water partition coefficient (Wildman–Crippen LogP) is 6.35. The van der Waals surface area contributed by atoms with E-state index in [2.05, 4.69) is 79.4 Å². The molecule has 4 heteroatoms. The van der Waals surface area contributed by atoms with Gasteiger partial charge in [-0.25, -0.2) is 0 Å². The first kappa shape index (κ1) is 24.7. The minimum absolute atomic E-state index is 0.202. The van der Waals surface area contributed by atoms with Crippen molar-refractivity contribution in [2.75, 3.05) is 45.2 Å². The molecule has 0 bridgehead atoms. The Labute approximate surface area is 222 Å². The van der Waals surface area contributed by atoms with Gasteiger partial charge in [-0.1, -0.05) is 25.1 Å². The summed E-state index contributed by atoms with van der Waals surface area (Å²) in [6.45, 7) is 6.52. The molecule has 0 radical (unpaired) electrons. The van der Waals surface area contributed by atoms with Crippen LogP contribution in [-0.2, 0) is 11.2 Å². The first-order valence-electron chi connectivity index (χ1n) is 14.4. The minimum Gasteiger partial charge on any atom is -0.492 e. The molecule has 0 unspecified atom stereocenters. The highest BCUT2D eigenvalue weighted by atomic mass is 16.5. The van der Waals surface area contributed by atoms with E-state index < -0.39 is 0 Å². The van der Waals surface area contributed by atoms with Crippen LogP contribution < -0.4 is 9.64 Å². The van der Waals surface area contributed by atoms with Gasteiger partial charge in [-0.05, 0) is 128 Å². The second-order valence-corrected chi connectivity index (χ2v) is 12.3. The van der Waals surface area contributed by atoms with Gasteiger partial charge in [0.2, 0.25) is 0 Å². The molecule has 4 atom stereocenters.